The standard InChI is InChI=1S/C15H31N/c1-4-13(2)12-14(3)16-15-10-8-6-5-7-9-11-15/h13-16H,4-12H2,1-3H3. The molecule has 0 aromatic heterocycles. The molecule has 0 radical (unpaired) electrons. The molecule has 1 fully saturated rings. The van der Waals surface area contributed by atoms with Gasteiger partial charge in [-0.2, -0.15) is 0 Å². The summed E-state index contributed by atoms with van der Waals surface area (Å²) in [7, 11) is 0. The van der Waals surface area contributed by atoms with Crippen molar-refractivity contribution in [2.24, 2.45) is 5.92 Å². The van der Waals surface area contributed by atoms with Crippen LogP contribution in [0.5, 0.6) is 0 Å². The third kappa shape index (κ3) is 5.89. The van der Waals surface area contributed by atoms with Crippen LogP contribution in [0.1, 0.15) is 78.6 Å². The van der Waals surface area contributed by atoms with Crippen molar-refractivity contribution in [3.05, 3.63) is 0 Å². The molecule has 0 aliphatic heterocycles. The summed E-state index contributed by atoms with van der Waals surface area (Å²) >= 11 is 0. The van der Waals surface area contributed by atoms with Crippen molar-refractivity contribution in [1.29, 1.82) is 0 Å². The van der Waals surface area contributed by atoms with Crippen molar-refractivity contribution < 1.29 is 0 Å². The van der Waals surface area contributed by atoms with Gasteiger partial charge in [0, 0.05) is 12.1 Å². The molecule has 0 heterocycles. The molecule has 0 amide bonds. The van der Waals surface area contributed by atoms with E-state index >= 15 is 0 Å². The van der Waals surface area contributed by atoms with Gasteiger partial charge in [0.25, 0.3) is 0 Å². The molecule has 16 heavy (non-hydrogen) atoms. The van der Waals surface area contributed by atoms with E-state index in [9.17, 15) is 0 Å². The zero-order valence-electron chi connectivity index (χ0n) is 11.6. The van der Waals surface area contributed by atoms with Crippen LogP contribution >= 0.6 is 0 Å². The van der Waals surface area contributed by atoms with Crippen molar-refractivity contribution in [1.82, 2.24) is 5.32 Å². The Balaban J connectivity index is 2.22. The molecule has 0 aromatic carbocycles. The fraction of sp³-hybridized carbons (Fsp3) is 1.00. The van der Waals surface area contributed by atoms with Crippen LogP contribution in [-0.4, -0.2) is 12.1 Å². The highest BCUT2D eigenvalue weighted by atomic mass is 14.9. The third-order valence-corrected chi connectivity index (χ3v) is 4.08. The molecule has 0 bridgehead atoms. The molecule has 1 nitrogen and oxygen atoms in total. The van der Waals surface area contributed by atoms with Gasteiger partial charge in [0.05, 0.1) is 0 Å². The molecular formula is C15H31N. The van der Waals surface area contributed by atoms with E-state index in [1.807, 2.05) is 0 Å². The molecule has 1 aliphatic carbocycles. The fourth-order valence-corrected chi connectivity index (χ4v) is 2.86. The van der Waals surface area contributed by atoms with Crippen LogP contribution in [0.3, 0.4) is 0 Å². The Bertz CT molecular complexity index is 159. The Labute approximate surface area is 102 Å². The average molecular weight is 225 g/mol. The van der Waals surface area contributed by atoms with Crippen molar-refractivity contribution in [3.63, 3.8) is 0 Å². The number of nitrogens with one attached hydrogen (secondary N) is 1. The topological polar surface area (TPSA) is 12.0 Å². The highest BCUT2D eigenvalue weighted by Gasteiger charge is 2.14. The minimum atomic E-state index is 0.708. The first-order valence-electron chi connectivity index (χ1n) is 7.48. The maximum Gasteiger partial charge on any atom is 0.00695 e. The number of rotatable bonds is 5. The van der Waals surface area contributed by atoms with Crippen LogP contribution in [0.25, 0.3) is 0 Å². The smallest absolute Gasteiger partial charge is 0.00695 e. The van der Waals surface area contributed by atoms with E-state index in [0.717, 1.165) is 12.0 Å². The molecule has 1 aliphatic rings. The van der Waals surface area contributed by atoms with E-state index in [2.05, 4.69) is 26.1 Å². The summed E-state index contributed by atoms with van der Waals surface area (Å²) in [5.41, 5.74) is 0. The molecule has 1 saturated carbocycles. The molecule has 1 N–H and O–H groups in total. The van der Waals surface area contributed by atoms with Crippen molar-refractivity contribution in [2.75, 3.05) is 0 Å². The summed E-state index contributed by atoms with van der Waals surface area (Å²) in [6.07, 6.45) is 12.7. The Hall–Kier alpha value is -0.0400. The van der Waals surface area contributed by atoms with Gasteiger partial charge in [0.1, 0.15) is 0 Å². The minimum absolute atomic E-state index is 0.708. The van der Waals surface area contributed by atoms with Crippen LogP contribution in [0.4, 0.5) is 0 Å². The lowest BCUT2D eigenvalue weighted by atomic mass is 9.94. The van der Waals surface area contributed by atoms with E-state index in [-0.39, 0.29) is 0 Å². The Morgan fingerprint density at radius 2 is 1.56 bits per heavy atom. The first-order valence-corrected chi connectivity index (χ1v) is 7.48. The van der Waals surface area contributed by atoms with Crippen LogP contribution < -0.4 is 5.32 Å². The highest BCUT2D eigenvalue weighted by Crippen LogP contribution is 2.18. The van der Waals surface area contributed by atoms with Crippen LogP contribution in [0.15, 0.2) is 0 Å². The molecule has 1 rings (SSSR count). The van der Waals surface area contributed by atoms with Gasteiger partial charge in [-0.3, -0.25) is 0 Å². The Kier molecular flexibility index (Phi) is 7.11. The summed E-state index contributed by atoms with van der Waals surface area (Å²) in [6, 6.07) is 1.51. The first-order chi connectivity index (χ1) is 7.72. The predicted octanol–water partition coefficient (Wildman–Crippen LogP) is 4.51. The van der Waals surface area contributed by atoms with E-state index < -0.39 is 0 Å². The molecule has 1 heteroatoms. The molecule has 0 aromatic rings. The fourth-order valence-electron chi connectivity index (χ4n) is 2.86. The average Bonchev–Trinajstić information content (AvgIpc) is 2.21. The van der Waals surface area contributed by atoms with E-state index in [4.69, 9.17) is 0 Å². The summed E-state index contributed by atoms with van der Waals surface area (Å²) in [5, 5.41) is 3.85. The maximum atomic E-state index is 3.85. The Morgan fingerprint density at radius 3 is 2.12 bits per heavy atom. The normalized spacial score (nSPS) is 23.4. The predicted molar refractivity (Wildman–Crippen MR) is 72.8 cm³/mol. The minimum Gasteiger partial charge on any atom is -0.311 e. The second-order valence-electron chi connectivity index (χ2n) is 5.86. The molecule has 2 atom stereocenters. The van der Waals surface area contributed by atoms with Crippen molar-refractivity contribution in [2.45, 2.75) is 90.6 Å². The second-order valence-corrected chi connectivity index (χ2v) is 5.86. The maximum absolute atomic E-state index is 3.85. The van der Waals surface area contributed by atoms with Gasteiger partial charge in [-0.05, 0) is 32.1 Å². The number of hydrogen-bond donors (Lipinski definition) is 1. The van der Waals surface area contributed by atoms with E-state index in [1.54, 1.807) is 0 Å². The monoisotopic (exact) mass is 225 g/mol. The molecular weight excluding hydrogens is 194 g/mol. The van der Waals surface area contributed by atoms with Gasteiger partial charge in [0.2, 0.25) is 0 Å². The lowest BCUT2D eigenvalue weighted by molar-refractivity contribution is 0.327. The van der Waals surface area contributed by atoms with Gasteiger partial charge in [-0.1, -0.05) is 52.4 Å². The zero-order valence-corrected chi connectivity index (χ0v) is 11.6. The summed E-state index contributed by atoms with van der Waals surface area (Å²) in [6.45, 7) is 7.04. The van der Waals surface area contributed by atoms with E-state index in [0.29, 0.717) is 6.04 Å². The molecule has 0 saturated heterocycles. The van der Waals surface area contributed by atoms with Gasteiger partial charge >= 0.3 is 0 Å². The van der Waals surface area contributed by atoms with Crippen LogP contribution in [-0.2, 0) is 0 Å². The van der Waals surface area contributed by atoms with Gasteiger partial charge in [-0.15, -0.1) is 0 Å². The summed E-state index contributed by atoms with van der Waals surface area (Å²) < 4.78 is 0. The number of hydrogen-bond acceptors (Lipinski definition) is 1. The first kappa shape index (κ1) is 14.0. The third-order valence-electron chi connectivity index (χ3n) is 4.08. The molecule has 0 spiro atoms. The lowest BCUT2D eigenvalue weighted by Crippen LogP contribution is -2.37. The van der Waals surface area contributed by atoms with Crippen molar-refractivity contribution >= 4 is 0 Å². The molecule has 2 unspecified atom stereocenters. The second kappa shape index (κ2) is 8.11. The lowest BCUT2D eigenvalue weighted by Gasteiger charge is -2.26. The quantitative estimate of drug-likeness (QED) is 0.725. The van der Waals surface area contributed by atoms with Crippen LogP contribution in [0.2, 0.25) is 0 Å². The summed E-state index contributed by atoms with van der Waals surface area (Å²) in [5.74, 6) is 0.871. The highest BCUT2D eigenvalue weighted by molar-refractivity contribution is 4.74. The summed E-state index contributed by atoms with van der Waals surface area (Å²) in [4.78, 5) is 0. The zero-order chi connectivity index (χ0) is 11.8. The Morgan fingerprint density at radius 1 is 1.00 bits per heavy atom. The largest absolute Gasteiger partial charge is 0.311 e. The van der Waals surface area contributed by atoms with Gasteiger partial charge in [0.15, 0.2) is 0 Å². The van der Waals surface area contributed by atoms with E-state index in [1.165, 1.54) is 57.8 Å². The van der Waals surface area contributed by atoms with Gasteiger partial charge in [-0.25, -0.2) is 0 Å². The van der Waals surface area contributed by atoms with Crippen LogP contribution in [0, 0.1) is 5.92 Å². The SMILES string of the molecule is CCC(C)CC(C)NC1CCCCCCC1. The molecule has 96 valence electrons. The van der Waals surface area contributed by atoms with Crippen molar-refractivity contribution in [3.8, 4) is 0 Å². The van der Waals surface area contributed by atoms with Gasteiger partial charge < -0.3 is 5.32 Å².